The number of hydrogen-bond acceptors (Lipinski definition) is 5. The molecular weight excluding hydrogens is 264 g/mol. The maximum atomic E-state index is 5.39. The zero-order valence-corrected chi connectivity index (χ0v) is 13.1. The van der Waals surface area contributed by atoms with Gasteiger partial charge in [0, 0.05) is 31.0 Å². The van der Waals surface area contributed by atoms with Crippen molar-refractivity contribution in [1.82, 2.24) is 15.3 Å². The molecule has 1 atom stereocenters. The predicted molar refractivity (Wildman–Crippen MR) is 83.7 cm³/mol. The van der Waals surface area contributed by atoms with E-state index >= 15 is 0 Å². The van der Waals surface area contributed by atoms with Crippen molar-refractivity contribution in [2.24, 2.45) is 5.92 Å². The number of anilines is 1. The van der Waals surface area contributed by atoms with Crippen LogP contribution in [-0.2, 0) is 17.6 Å². The molecule has 5 heteroatoms. The minimum absolute atomic E-state index is 0.561. The van der Waals surface area contributed by atoms with Crippen LogP contribution in [0.4, 0.5) is 5.95 Å². The molecule has 5 nitrogen and oxygen atoms in total. The Kier molecular flexibility index (Phi) is 4.70. The summed E-state index contributed by atoms with van der Waals surface area (Å²) in [5.41, 5.74) is 2.60. The molecule has 2 aliphatic rings. The van der Waals surface area contributed by atoms with E-state index in [1.165, 1.54) is 17.7 Å². The third-order valence-corrected chi connectivity index (χ3v) is 4.35. The Bertz CT molecular complexity index is 471. The number of aryl methyl sites for hydroxylation is 1. The summed E-state index contributed by atoms with van der Waals surface area (Å²) in [5.74, 6) is 1.61. The molecule has 0 saturated carbocycles. The molecule has 1 aliphatic heterocycles. The number of nitrogens with zero attached hydrogens (tertiary/aromatic N) is 3. The highest BCUT2D eigenvalue weighted by Crippen LogP contribution is 2.25. The van der Waals surface area contributed by atoms with Gasteiger partial charge in [0.25, 0.3) is 0 Å². The molecule has 0 bridgehead atoms. The van der Waals surface area contributed by atoms with Gasteiger partial charge in [-0.05, 0) is 37.3 Å². The minimum Gasteiger partial charge on any atom is -0.378 e. The van der Waals surface area contributed by atoms with Gasteiger partial charge in [-0.25, -0.2) is 9.97 Å². The number of fused-ring (bicyclic) bond motifs is 1. The van der Waals surface area contributed by atoms with Gasteiger partial charge in [-0.1, -0.05) is 13.8 Å². The lowest BCUT2D eigenvalue weighted by atomic mass is 9.87. The molecule has 0 radical (unpaired) electrons. The van der Waals surface area contributed by atoms with Crippen molar-refractivity contribution < 1.29 is 4.74 Å². The van der Waals surface area contributed by atoms with Gasteiger partial charge in [-0.3, -0.25) is 0 Å². The SMILES string of the molecule is CC(C)NCC1CCc2nc(N3CCOCC3)ncc2C1. The second-order valence-corrected chi connectivity index (χ2v) is 6.41. The molecule has 21 heavy (non-hydrogen) atoms. The summed E-state index contributed by atoms with van der Waals surface area (Å²) in [4.78, 5) is 11.6. The lowest BCUT2D eigenvalue weighted by Crippen LogP contribution is -2.38. The van der Waals surface area contributed by atoms with Gasteiger partial charge in [-0.2, -0.15) is 0 Å². The molecule has 0 aromatic carbocycles. The van der Waals surface area contributed by atoms with Crippen LogP contribution < -0.4 is 10.2 Å². The third kappa shape index (κ3) is 3.71. The fourth-order valence-electron chi connectivity index (χ4n) is 3.06. The molecule has 0 amide bonds. The van der Waals surface area contributed by atoms with E-state index in [-0.39, 0.29) is 0 Å². The second-order valence-electron chi connectivity index (χ2n) is 6.41. The monoisotopic (exact) mass is 290 g/mol. The highest BCUT2D eigenvalue weighted by Gasteiger charge is 2.22. The number of ether oxygens (including phenoxy) is 1. The van der Waals surface area contributed by atoms with E-state index in [2.05, 4.69) is 35.2 Å². The van der Waals surface area contributed by atoms with Gasteiger partial charge in [0.05, 0.1) is 13.2 Å². The van der Waals surface area contributed by atoms with Crippen molar-refractivity contribution in [2.45, 2.75) is 39.2 Å². The zero-order chi connectivity index (χ0) is 14.7. The molecule has 0 spiro atoms. The van der Waals surface area contributed by atoms with Crippen LogP contribution in [0.15, 0.2) is 6.20 Å². The molecule has 1 aliphatic carbocycles. The molecule has 1 saturated heterocycles. The van der Waals surface area contributed by atoms with Crippen molar-refractivity contribution in [3.63, 3.8) is 0 Å². The van der Waals surface area contributed by atoms with Gasteiger partial charge in [0.2, 0.25) is 5.95 Å². The maximum Gasteiger partial charge on any atom is 0.225 e. The fourth-order valence-corrected chi connectivity index (χ4v) is 3.06. The number of morpholine rings is 1. The van der Waals surface area contributed by atoms with Gasteiger partial charge in [0.15, 0.2) is 0 Å². The summed E-state index contributed by atoms with van der Waals surface area (Å²) in [7, 11) is 0. The Hall–Kier alpha value is -1.20. The molecule has 1 N–H and O–H groups in total. The number of nitrogens with one attached hydrogen (secondary N) is 1. The van der Waals surface area contributed by atoms with Crippen LogP contribution in [0.2, 0.25) is 0 Å². The molecular formula is C16H26N4O. The van der Waals surface area contributed by atoms with Crippen molar-refractivity contribution >= 4 is 5.95 Å². The van der Waals surface area contributed by atoms with E-state index < -0.39 is 0 Å². The van der Waals surface area contributed by atoms with Crippen molar-refractivity contribution in [3.8, 4) is 0 Å². The number of rotatable bonds is 4. The Labute approximate surface area is 127 Å². The Morgan fingerprint density at radius 1 is 1.38 bits per heavy atom. The van der Waals surface area contributed by atoms with Crippen LogP contribution in [0.5, 0.6) is 0 Å². The van der Waals surface area contributed by atoms with E-state index in [4.69, 9.17) is 9.72 Å². The van der Waals surface area contributed by atoms with E-state index in [1.807, 2.05) is 0 Å². The Morgan fingerprint density at radius 3 is 2.95 bits per heavy atom. The summed E-state index contributed by atoms with van der Waals surface area (Å²) in [6, 6.07) is 0.561. The minimum atomic E-state index is 0.561. The molecule has 1 aromatic heterocycles. The first-order valence-electron chi connectivity index (χ1n) is 8.13. The van der Waals surface area contributed by atoms with Crippen LogP contribution in [0.25, 0.3) is 0 Å². The summed E-state index contributed by atoms with van der Waals surface area (Å²) >= 11 is 0. The summed E-state index contributed by atoms with van der Waals surface area (Å²) in [5, 5.41) is 3.55. The number of hydrogen-bond donors (Lipinski definition) is 1. The van der Waals surface area contributed by atoms with Crippen LogP contribution >= 0.6 is 0 Å². The van der Waals surface area contributed by atoms with Crippen molar-refractivity contribution in [1.29, 1.82) is 0 Å². The largest absolute Gasteiger partial charge is 0.378 e. The standard InChI is InChI=1S/C16H26N4O/c1-12(2)17-10-13-3-4-15-14(9-13)11-18-16(19-15)20-5-7-21-8-6-20/h11-13,17H,3-10H2,1-2H3. The normalized spacial score (nSPS) is 22.4. The molecule has 1 aromatic rings. The van der Waals surface area contributed by atoms with Gasteiger partial charge in [0.1, 0.15) is 0 Å². The molecule has 3 rings (SSSR count). The highest BCUT2D eigenvalue weighted by molar-refractivity contribution is 5.34. The molecule has 116 valence electrons. The first-order chi connectivity index (χ1) is 10.2. The van der Waals surface area contributed by atoms with Crippen LogP contribution in [-0.4, -0.2) is 48.9 Å². The Balaban J connectivity index is 1.64. The first-order valence-corrected chi connectivity index (χ1v) is 8.13. The average molecular weight is 290 g/mol. The van der Waals surface area contributed by atoms with E-state index in [1.54, 1.807) is 0 Å². The zero-order valence-electron chi connectivity index (χ0n) is 13.1. The van der Waals surface area contributed by atoms with Gasteiger partial charge in [-0.15, -0.1) is 0 Å². The lowest BCUT2D eigenvalue weighted by molar-refractivity contribution is 0.122. The van der Waals surface area contributed by atoms with E-state index in [0.29, 0.717) is 6.04 Å². The fraction of sp³-hybridized carbons (Fsp3) is 0.750. The quantitative estimate of drug-likeness (QED) is 0.909. The van der Waals surface area contributed by atoms with Gasteiger partial charge >= 0.3 is 0 Å². The van der Waals surface area contributed by atoms with Crippen LogP contribution in [0, 0.1) is 5.92 Å². The lowest BCUT2D eigenvalue weighted by Gasteiger charge is -2.29. The van der Waals surface area contributed by atoms with Crippen molar-refractivity contribution in [3.05, 3.63) is 17.5 Å². The highest BCUT2D eigenvalue weighted by atomic mass is 16.5. The Morgan fingerprint density at radius 2 is 2.19 bits per heavy atom. The number of aromatic nitrogens is 2. The van der Waals surface area contributed by atoms with Crippen LogP contribution in [0.3, 0.4) is 0 Å². The molecule has 2 heterocycles. The molecule has 1 fully saturated rings. The maximum absolute atomic E-state index is 5.39. The summed E-state index contributed by atoms with van der Waals surface area (Å²) in [6.07, 6.45) is 5.47. The van der Waals surface area contributed by atoms with Crippen LogP contribution in [0.1, 0.15) is 31.5 Å². The second kappa shape index (κ2) is 6.71. The topological polar surface area (TPSA) is 50.3 Å². The first kappa shape index (κ1) is 14.7. The molecule has 1 unspecified atom stereocenters. The third-order valence-electron chi connectivity index (χ3n) is 4.35. The average Bonchev–Trinajstić information content (AvgIpc) is 2.53. The van der Waals surface area contributed by atoms with E-state index in [9.17, 15) is 0 Å². The van der Waals surface area contributed by atoms with Crippen molar-refractivity contribution in [2.75, 3.05) is 37.7 Å². The van der Waals surface area contributed by atoms with Gasteiger partial charge < -0.3 is 15.0 Å². The summed E-state index contributed by atoms with van der Waals surface area (Å²) < 4.78 is 5.39. The van der Waals surface area contributed by atoms with E-state index in [0.717, 1.165) is 57.6 Å². The predicted octanol–water partition coefficient (Wildman–Crippen LogP) is 1.42. The smallest absolute Gasteiger partial charge is 0.225 e. The summed E-state index contributed by atoms with van der Waals surface area (Å²) in [6.45, 7) is 8.87.